The minimum absolute atomic E-state index is 0.0206. The van der Waals surface area contributed by atoms with Crippen molar-refractivity contribution in [1.82, 2.24) is 15.1 Å². The molecule has 2 N–H and O–H groups in total. The number of nitrogens with zero attached hydrogens (tertiary/aromatic N) is 2. The third kappa shape index (κ3) is 7.26. The zero-order valence-corrected chi connectivity index (χ0v) is 36.6. The van der Waals surface area contributed by atoms with Crippen LogP contribution in [0.4, 0.5) is 0 Å². The molecule has 8 heteroatoms. The summed E-state index contributed by atoms with van der Waals surface area (Å²) in [4.78, 5) is 44.3. The lowest BCUT2D eigenvalue weighted by Crippen LogP contribution is -2.65. The molecule has 3 fully saturated rings. The Bertz CT molecular complexity index is 1950. The lowest BCUT2D eigenvalue weighted by atomic mass is 9.33. The summed E-state index contributed by atoms with van der Waals surface area (Å²) in [6.45, 7) is 19.5. The number of carboxylic acids is 1. The molecule has 0 spiro atoms. The predicted octanol–water partition coefficient (Wildman–Crippen LogP) is 9.80. The average Bonchev–Trinajstić information content (AvgIpc) is 3.49. The van der Waals surface area contributed by atoms with E-state index in [1.165, 1.54) is 11.1 Å². The van der Waals surface area contributed by atoms with Gasteiger partial charge in [-0.05, 0) is 144 Å². The number of hydrogen-bond donors (Lipinski definition) is 2. The van der Waals surface area contributed by atoms with Gasteiger partial charge < -0.3 is 15.3 Å². The third-order valence-corrected chi connectivity index (χ3v) is 16.5. The first kappa shape index (κ1) is 41.9. The Morgan fingerprint density at radius 2 is 1.60 bits per heavy atom. The van der Waals surface area contributed by atoms with Crippen molar-refractivity contribution in [3.63, 3.8) is 0 Å². The van der Waals surface area contributed by atoms with Gasteiger partial charge in [0.05, 0.1) is 12.1 Å². The number of aromatic carboxylic acids is 1. The first-order valence-corrected chi connectivity index (χ1v) is 21.9. The van der Waals surface area contributed by atoms with E-state index in [2.05, 4.69) is 83.8 Å². The number of carboxylic acid groups (broad SMARTS) is 1. The van der Waals surface area contributed by atoms with Crippen LogP contribution >= 0.6 is 11.6 Å². The molecule has 7 nitrogen and oxygen atoms in total. The van der Waals surface area contributed by atoms with Crippen LogP contribution < -0.4 is 5.32 Å². The van der Waals surface area contributed by atoms with Gasteiger partial charge in [0.25, 0.3) is 0 Å². The minimum Gasteiger partial charge on any atom is -0.478 e. The predicted molar refractivity (Wildman–Crippen MR) is 230 cm³/mol. The van der Waals surface area contributed by atoms with Gasteiger partial charge in [-0.1, -0.05) is 96.0 Å². The smallest absolute Gasteiger partial charge is 0.335 e. The average molecular weight is 797 g/mol. The van der Waals surface area contributed by atoms with Crippen LogP contribution in [0.3, 0.4) is 0 Å². The molecule has 2 aromatic rings. The maximum absolute atomic E-state index is 14.3. The van der Waals surface area contributed by atoms with Gasteiger partial charge in [0.2, 0.25) is 5.91 Å². The lowest BCUT2D eigenvalue weighted by Gasteiger charge is -2.71. The summed E-state index contributed by atoms with van der Waals surface area (Å²) in [5.74, 6) is 0.938. The molecule has 0 heterocycles. The molecule has 1 amide bonds. The molecule has 308 valence electrons. The van der Waals surface area contributed by atoms with E-state index in [1.54, 1.807) is 12.1 Å². The Kier molecular flexibility index (Phi) is 11.3. The topological polar surface area (TPSA) is 90.0 Å². The van der Waals surface area contributed by atoms with Crippen LogP contribution in [0.2, 0.25) is 5.02 Å². The van der Waals surface area contributed by atoms with Gasteiger partial charge in [-0.2, -0.15) is 0 Å². The highest BCUT2D eigenvalue weighted by molar-refractivity contribution is 6.30. The second-order valence-corrected chi connectivity index (χ2v) is 20.8. The summed E-state index contributed by atoms with van der Waals surface area (Å²) in [5, 5.41) is 13.9. The summed E-state index contributed by atoms with van der Waals surface area (Å²) in [7, 11) is 4.13. The maximum Gasteiger partial charge on any atom is 0.335 e. The van der Waals surface area contributed by atoms with Crippen LogP contribution in [0.25, 0.3) is 5.57 Å². The Balaban J connectivity index is 1.20. The zero-order valence-electron chi connectivity index (χ0n) is 35.9. The Morgan fingerprint density at radius 3 is 2.23 bits per heavy atom. The van der Waals surface area contributed by atoms with Crippen molar-refractivity contribution in [3.8, 4) is 0 Å². The number of rotatable bonds is 11. The number of amides is 1. The van der Waals surface area contributed by atoms with Crippen LogP contribution in [-0.4, -0.2) is 72.3 Å². The molecule has 5 aliphatic rings. The van der Waals surface area contributed by atoms with Crippen LogP contribution in [-0.2, 0) is 16.1 Å². The molecule has 5 aliphatic carbocycles. The molecular formula is C49H66ClN3O4. The lowest BCUT2D eigenvalue weighted by molar-refractivity contribution is -0.195. The number of hydrogen-bond acceptors (Lipinski definition) is 5. The number of Topliss-reactive ketones (excluding diaryl/α,β-unsaturated/α-hetero) is 1. The van der Waals surface area contributed by atoms with Crippen molar-refractivity contribution in [3.05, 3.63) is 87.5 Å². The van der Waals surface area contributed by atoms with Crippen molar-refractivity contribution < 1.29 is 19.5 Å². The minimum atomic E-state index is -0.896. The molecule has 57 heavy (non-hydrogen) atoms. The molecule has 0 aromatic heterocycles. The molecule has 7 rings (SSSR count). The SMILES string of the molecule is CC(C)C1=C2C(CC1=O)[C@@H](NC(=O)CN(CCN(C)C)Cc1ccc(Cl)cc1)C[C@]1(C)C2CCC2[C@@]3(C)CC=C(c4ccc(C(=O)O)cc4)C(C)(C)C3CC[C@]21C. The van der Waals surface area contributed by atoms with Crippen molar-refractivity contribution >= 4 is 34.8 Å². The van der Waals surface area contributed by atoms with Crippen LogP contribution in [0.15, 0.2) is 65.8 Å². The van der Waals surface area contributed by atoms with Gasteiger partial charge in [0, 0.05) is 43.0 Å². The van der Waals surface area contributed by atoms with Gasteiger partial charge in [-0.25, -0.2) is 4.79 Å². The highest BCUT2D eigenvalue weighted by atomic mass is 35.5. The molecule has 0 aliphatic heterocycles. The number of fused-ring (bicyclic) bond motifs is 7. The first-order valence-electron chi connectivity index (χ1n) is 21.5. The Labute approximate surface area is 346 Å². The van der Waals surface area contributed by atoms with E-state index in [0.717, 1.165) is 68.3 Å². The molecule has 0 radical (unpaired) electrons. The van der Waals surface area contributed by atoms with Gasteiger partial charge >= 0.3 is 5.97 Å². The van der Waals surface area contributed by atoms with Crippen LogP contribution in [0.1, 0.15) is 115 Å². The quantitative estimate of drug-likeness (QED) is 0.236. The molecule has 0 saturated heterocycles. The van der Waals surface area contributed by atoms with E-state index >= 15 is 0 Å². The standard InChI is InChI=1S/C49H66ClN3O4/c1-30(2)43-39(54)26-35-38(51-42(55)29-53(25-24-52(8)9)28-31-10-16-34(50)17-11-31)27-49(7)37(44(35)43)18-19-41-47(5)22-20-36(32-12-14-33(15-13-32)45(56)57)46(3,4)40(47)21-23-48(41,49)6/h10-17,20,30,35,37-38,40-41H,18-19,21-29H2,1-9H3,(H,51,55)(H,56,57)/t35?,37?,38-,40?,41?,47-,48+,49+/m0/s1. The highest BCUT2D eigenvalue weighted by Gasteiger charge is 2.69. The second-order valence-electron chi connectivity index (χ2n) is 20.3. The van der Waals surface area contributed by atoms with Crippen LogP contribution in [0.5, 0.6) is 0 Å². The summed E-state index contributed by atoms with van der Waals surface area (Å²) in [6.07, 6.45) is 9.33. The van der Waals surface area contributed by atoms with Gasteiger partial charge in [-0.15, -0.1) is 0 Å². The fourth-order valence-corrected chi connectivity index (χ4v) is 13.7. The van der Waals surface area contributed by atoms with E-state index in [1.807, 2.05) is 36.4 Å². The second kappa shape index (κ2) is 15.4. The van der Waals surface area contributed by atoms with Crippen molar-refractivity contribution in [1.29, 1.82) is 0 Å². The monoisotopic (exact) mass is 795 g/mol. The van der Waals surface area contributed by atoms with E-state index in [-0.39, 0.29) is 51.2 Å². The first-order chi connectivity index (χ1) is 26.8. The van der Waals surface area contributed by atoms with Crippen molar-refractivity contribution in [2.75, 3.05) is 33.7 Å². The number of likely N-dealkylation sites (N-methyl/N-ethyl adjacent to an activating group) is 1. The third-order valence-electron chi connectivity index (χ3n) is 16.3. The zero-order chi connectivity index (χ0) is 41.2. The summed E-state index contributed by atoms with van der Waals surface area (Å²) >= 11 is 6.21. The fourth-order valence-electron chi connectivity index (χ4n) is 13.5. The molecule has 0 bridgehead atoms. The number of carbonyl (C=O) groups is 3. The Hall–Kier alpha value is -3.26. The van der Waals surface area contributed by atoms with Crippen molar-refractivity contribution in [2.24, 2.45) is 51.2 Å². The van der Waals surface area contributed by atoms with Crippen LogP contribution in [0, 0.1) is 51.2 Å². The number of ketones is 1. The van der Waals surface area contributed by atoms with Gasteiger partial charge in [0.15, 0.2) is 5.78 Å². The largest absolute Gasteiger partial charge is 0.478 e. The molecule has 8 atom stereocenters. The summed E-state index contributed by atoms with van der Waals surface area (Å²) in [5.41, 5.74) is 6.26. The number of allylic oxidation sites excluding steroid dienone is 3. The highest BCUT2D eigenvalue weighted by Crippen LogP contribution is 2.75. The number of carbonyl (C=O) groups excluding carboxylic acids is 2. The molecule has 2 aromatic carbocycles. The maximum atomic E-state index is 14.3. The van der Waals surface area contributed by atoms with Gasteiger partial charge in [-0.3, -0.25) is 14.5 Å². The summed E-state index contributed by atoms with van der Waals surface area (Å²) in [6, 6.07) is 15.3. The molecular weight excluding hydrogens is 730 g/mol. The normalized spacial score (nSPS) is 33.1. The van der Waals surface area contributed by atoms with E-state index in [9.17, 15) is 19.5 Å². The number of halogens is 1. The summed E-state index contributed by atoms with van der Waals surface area (Å²) < 4.78 is 0. The fraction of sp³-hybridized carbons (Fsp3) is 0.612. The number of benzene rings is 2. The Morgan fingerprint density at radius 1 is 0.912 bits per heavy atom. The molecule has 4 unspecified atom stereocenters. The van der Waals surface area contributed by atoms with E-state index < -0.39 is 5.97 Å². The molecule has 3 saturated carbocycles. The van der Waals surface area contributed by atoms with E-state index in [4.69, 9.17) is 11.6 Å². The van der Waals surface area contributed by atoms with Gasteiger partial charge in [0.1, 0.15) is 0 Å². The number of nitrogens with one attached hydrogen (secondary N) is 1. The van der Waals surface area contributed by atoms with Crippen molar-refractivity contribution in [2.45, 2.75) is 106 Å². The van der Waals surface area contributed by atoms with E-state index in [0.29, 0.717) is 47.9 Å².